The van der Waals surface area contributed by atoms with Crippen LogP contribution in [0.25, 0.3) is 0 Å². The predicted octanol–water partition coefficient (Wildman–Crippen LogP) is 2.91. The van der Waals surface area contributed by atoms with E-state index in [1.54, 1.807) is 50.4 Å². The molecule has 0 saturated carbocycles. The summed E-state index contributed by atoms with van der Waals surface area (Å²) in [4.78, 5) is 16.8. The van der Waals surface area contributed by atoms with Crippen molar-refractivity contribution >= 4 is 33.0 Å². The second kappa shape index (κ2) is 7.12. The third-order valence-corrected chi connectivity index (χ3v) is 6.43. The molecule has 27 heavy (non-hydrogen) atoms. The largest absolute Gasteiger partial charge is 0.340 e. The van der Waals surface area contributed by atoms with Crippen molar-refractivity contribution in [2.24, 2.45) is 0 Å². The summed E-state index contributed by atoms with van der Waals surface area (Å²) in [6.45, 7) is 5.16. The Kier molecular flexibility index (Phi) is 5.03. The summed E-state index contributed by atoms with van der Waals surface area (Å²) in [6.07, 6.45) is 0. The van der Waals surface area contributed by atoms with E-state index in [0.29, 0.717) is 23.0 Å². The quantitative estimate of drug-likeness (QED) is 0.650. The van der Waals surface area contributed by atoms with Crippen LogP contribution in [0.2, 0.25) is 0 Å². The molecule has 3 rings (SSSR count). The Morgan fingerprint density at radius 1 is 1.22 bits per heavy atom. The van der Waals surface area contributed by atoms with Crippen LogP contribution in [-0.4, -0.2) is 24.5 Å². The van der Waals surface area contributed by atoms with Gasteiger partial charge in [-0.3, -0.25) is 9.52 Å². The van der Waals surface area contributed by atoms with Crippen LogP contribution < -0.4 is 10.0 Å². The first-order valence-corrected chi connectivity index (χ1v) is 10.3. The molecule has 0 fully saturated rings. The number of rotatable bonds is 6. The fraction of sp³-hybridized carbons (Fsp3) is 0.235. The van der Waals surface area contributed by atoms with E-state index in [0.717, 1.165) is 11.3 Å². The molecule has 142 valence electrons. The van der Waals surface area contributed by atoms with Crippen molar-refractivity contribution in [1.29, 1.82) is 0 Å². The first-order chi connectivity index (χ1) is 12.7. The predicted molar refractivity (Wildman–Crippen MR) is 101 cm³/mol. The molecule has 0 radical (unpaired) electrons. The number of aromatic nitrogens is 2. The number of sulfonamides is 1. The Bertz CT molecular complexity index is 1060. The molecule has 1 amide bonds. The molecular formula is C17H18N4O4S2. The zero-order chi connectivity index (χ0) is 19.7. The molecule has 2 aromatic heterocycles. The summed E-state index contributed by atoms with van der Waals surface area (Å²) < 4.78 is 32.3. The number of anilines is 1. The minimum atomic E-state index is -3.68. The van der Waals surface area contributed by atoms with E-state index in [4.69, 9.17) is 4.52 Å². The van der Waals surface area contributed by atoms with Gasteiger partial charge in [0.15, 0.2) is 5.82 Å². The standard InChI is InChI=1S/C17H18N4O4S2/c1-11-18-16(20-25-11)17(2,3)19-15(22)12-6-4-7-13(10-12)21-27(23,24)14-8-5-9-26-14/h4-10,21H,1-3H3,(H,19,22). The van der Waals surface area contributed by atoms with E-state index >= 15 is 0 Å². The van der Waals surface area contributed by atoms with Gasteiger partial charge in [0.1, 0.15) is 4.21 Å². The minimum Gasteiger partial charge on any atom is -0.340 e. The number of thiophene rings is 1. The summed E-state index contributed by atoms with van der Waals surface area (Å²) in [5, 5.41) is 8.34. The van der Waals surface area contributed by atoms with Gasteiger partial charge in [-0.15, -0.1) is 11.3 Å². The maximum absolute atomic E-state index is 12.6. The van der Waals surface area contributed by atoms with Crippen LogP contribution in [0.3, 0.4) is 0 Å². The number of benzene rings is 1. The smallest absolute Gasteiger partial charge is 0.271 e. The Morgan fingerprint density at radius 3 is 2.63 bits per heavy atom. The highest BCUT2D eigenvalue weighted by molar-refractivity contribution is 7.94. The fourth-order valence-electron chi connectivity index (χ4n) is 2.31. The van der Waals surface area contributed by atoms with E-state index < -0.39 is 15.6 Å². The minimum absolute atomic E-state index is 0.200. The second-order valence-electron chi connectivity index (χ2n) is 6.33. The third-order valence-electron chi connectivity index (χ3n) is 3.65. The second-order valence-corrected chi connectivity index (χ2v) is 9.19. The SMILES string of the molecule is Cc1nc(C(C)(C)NC(=O)c2cccc(NS(=O)(=O)c3cccs3)c2)no1. The van der Waals surface area contributed by atoms with Crippen LogP contribution >= 0.6 is 11.3 Å². The fourth-order valence-corrected chi connectivity index (χ4v) is 4.35. The lowest BCUT2D eigenvalue weighted by Crippen LogP contribution is -2.41. The van der Waals surface area contributed by atoms with Gasteiger partial charge in [0.25, 0.3) is 15.9 Å². The van der Waals surface area contributed by atoms with Gasteiger partial charge in [-0.25, -0.2) is 8.42 Å². The first kappa shape index (κ1) is 19.1. The van der Waals surface area contributed by atoms with Gasteiger partial charge in [0.05, 0.1) is 5.54 Å². The van der Waals surface area contributed by atoms with Gasteiger partial charge in [0.2, 0.25) is 5.89 Å². The maximum atomic E-state index is 12.6. The zero-order valence-electron chi connectivity index (χ0n) is 14.9. The molecule has 0 spiro atoms. The molecule has 3 aromatic rings. The summed E-state index contributed by atoms with van der Waals surface area (Å²) in [6, 6.07) is 9.42. The summed E-state index contributed by atoms with van der Waals surface area (Å²) in [5.41, 5.74) is -0.264. The van der Waals surface area contributed by atoms with E-state index in [2.05, 4.69) is 20.2 Å². The monoisotopic (exact) mass is 406 g/mol. The molecule has 0 aliphatic carbocycles. The third kappa shape index (κ3) is 4.34. The van der Waals surface area contributed by atoms with Gasteiger partial charge in [-0.2, -0.15) is 4.98 Å². The van der Waals surface area contributed by atoms with Gasteiger partial charge in [0, 0.05) is 18.2 Å². The Hall–Kier alpha value is -2.72. The molecule has 1 aromatic carbocycles. The summed E-state index contributed by atoms with van der Waals surface area (Å²) in [7, 11) is -3.68. The number of aryl methyl sites for hydroxylation is 1. The number of nitrogens with zero attached hydrogens (tertiary/aromatic N) is 2. The van der Waals surface area contributed by atoms with Crippen LogP contribution in [0.15, 0.2) is 50.5 Å². The lowest BCUT2D eigenvalue weighted by Gasteiger charge is -2.22. The molecule has 0 aliphatic rings. The van der Waals surface area contributed by atoms with E-state index in [9.17, 15) is 13.2 Å². The molecule has 10 heteroatoms. The van der Waals surface area contributed by atoms with Crippen LogP contribution in [0.1, 0.15) is 35.9 Å². The van der Waals surface area contributed by atoms with Gasteiger partial charge in [-0.05, 0) is 43.5 Å². The Labute approximate surface area is 160 Å². The van der Waals surface area contributed by atoms with Crippen LogP contribution in [0.4, 0.5) is 5.69 Å². The van der Waals surface area contributed by atoms with Crippen molar-refractivity contribution in [1.82, 2.24) is 15.5 Å². The average Bonchev–Trinajstić information content (AvgIpc) is 3.26. The van der Waals surface area contributed by atoms with Crippen LogP contribution in [0, 0.1) is 6.92 Å². The number of hydrogen-bond acceptors (Lipinski definition) is 7. The van der Waals surface area contributed by atoms with E-state index in [1.807, 2.05) is 0 Å². The molecule has 0 atom stereocenters. The highest BCUT2D eigenvalue weighted by Gasteiger charge is 2.28. The molecule has 0 bridgehead atoms. The number of hydrogen-bond donors (Lipinski definition) is 2. The normalized spacial score (nSPS) is 12.0. The van der Waals surface area contributed by atoms with Gasteiger partial charge in [-0.1, -0.05) is 17.3 Å². The molecular weight excluding hydrogens is 388 g/mol. The van der Waals surface area contributed by atoms with E-state index in [1.165, 1.54) is 12.1 Å². The number of amides is 1. The van der Waals surface area contributed by atoms with Crippen molar-refractivity contribution in [2.75, 3.05) is 4.72 Å². The highest BCUT2D eigenvalue weighted by Crippen LogP contribution is 2.22. The average molecular weight is 406 g/mol. The molecule has 0 saturated heterocycles. The van der Waals surface area contributed by atoms with Gasteiger partial charge < -0.3 is 9.84 Å². The molecule has 0 unspecified atom stereocenters. The van der Waals surface area contributed by atoms with Crippen molar-refractivity contribution in [3.05, 3.63) is 59.1 Å². The van der Waals surface area contributed by atoms with Crippen molar-refractivity contribution in [3.63, 3.8) is 0 Å². The van der Waals surface area contributed by atoms with E-state index in [-0.39, 0.29) is 10.1 Å². The first-order valence-electron chi connectivity index (χ1n) is 7.97. The topological polar surface area (TPSA) is 114 Å². The Morgan fingerprint density at radius 2 is 2.00 bits per heavy atom. The molecule has 2 heterocycles. The molecule has 0 aliphatic heterocycles. The summed E-state index contributed by atoms with van der Waals surface area (Å²) in [5.74, 6) is 0.361. The zero-order valence-corrected chi connectivity index (χ0v) is 16.5. The summed E-state index contributed by atoms with van der Waals surface area (Å²) >= 11 is 1.11. The number of nitrogens with one attached hydrogen (secondary N) is 2. The molecule has 8 nitrogen and oxygen atoms in total. The van der Waals surface area contributed by atoms with Crippen molar-refractivity contribution in [2.45, 2.75) is 30.5 Å². The van der Waals surface area contributed by atoms with Gasteiger partial charge >= 0.3 is 0 Å². The van der Waals surface area contributed by atoms with Crippen LogP contribution in [0.5, 0.6) is 0 Å². The lowest BCUT2D eigenvalue weighted by molar-refractivity contribution is 0.0907. The van der Waals surface area contributed by atoms with Crippen LogP contribution in [-0.2, 0) is 15.6 Å². The number of carbonyl (C=O) groups is 1. The lowest BCUT2D eigenvalue weighted by atomic mass is 10.0. The van der Waals surface area contributed by atoms with Crippen molar-refractivity contribution in [3.8, 4) is 0 Å². The maximum Gasteiger partial charge on any atom is 0.271 e. The highest BCUT2D eigenvalue weighted by atomic mass is 32.2. The number of carbonyl (C=O) groups excluding carboxylic acids is 1. The van der Waals surface area contributed by atoms with Crippen molar-refractivity contribution < 1.29 is 17.7 Å². The molecule has 2 N–H and O–H groups in total. The Balaban J connectivity index is 1.78.